The van der Waals surface area contributed by atoms with E-state index in [1.165, 1.54) is 0 Å². The van der Waals surface area contributed by atoms with Gasteiger partial charge in [-0.1, -0.05) is 12.1 Å². The lowest BCUT2D eigenvalue weighted by Gasteiger charge is -2.30. The Morgan fingerprint density at radius 3 is 2.68 bits per heavy atom. The SMILES string of the molecule is COc1c(CCO)cccc1OC1CCN(C)CC1. The van der Waals surface area contributed by atoms with E-state index in [0.29, 0.717) is 6.42 Å². The third-order valence-electron chi connectivity index (χ3n) is 3.60. The monoisotopic (exact) mass is 265 g/mol. The molecular formula is C15H23NO3. The van der Waals surface area contributed by atoms with Crippen molar-refractivity contribution >= 4 is 0 Å². The molecule has 0 atom stereocenters. The van der Waals surface area contributed by atoms with Crippen LogP contribution < -0.4 is 9.47 Å². The van der Waals surface area contributed by atoms with Gasteiger partial charge in [0.2, 0.25) is 0 Å². The highest BCUT2D eigenvalue weighted by Crippen LogP contribution is 2.33. The second-order valence-electron chi connectivity index (χ2n) is 5.04. The summed E-state index contributed by atoms with van der Waals surface area (Å²) in [5.41, 5.74) is 0.996. The number of benzene rings is 1. The topological polar surface area (TPSA) is 41.9 Å². The van der Waals surface area contributed by atoms with Gasteiger partial charge in [-0.05, 0) is 32.4 Å². The summed E-state index contributed by atoms with van der Waals surface area (Å²) in [5.74, 6) is 1.55. The summed E-state index contributed by atoms with van der Waals surface area (Å²) in [4.78, 5) is 2.32. The first-order valence-corrected chi connectivity index (χ1v) is 6.86. The number of aliphatic hydroxyl groups excluding tert-OH is 1. The smallest absolute Gasteiger partial charge is 0.164 e. The van der Waals surface area contributed by atoms with Crippen molar-refractivity contribution in [3.8, 4) is 11.5 Å². The van der Waals surface area contributed by atoms with Gasteiger partial charge in [-0.15, -0.1) is 0 Å². The number of hydrogen-bond acceptors (Lipinski definition) is 4. The van der Waals surface area contributed by atoms with Crippen LogP contribution in [0.3, 0.4) is 0 Å². The van der Waals surface area contributed by atoms with Crippen LogP contribution in [0, 0.1) is 0 Å². The maximum atomic E-state index is 9.08. The molecule has 1 heterocycles. The molecule has 4 heteroatoms. The van der Waals surface area contributed by atoms with Crippen molar-refractivity contribution in [2.45, 2.75) is 25.4 Å². The molecule has 0 unspecified atom stereocenters. The zero-order valence-corrected chi connectivity index (χ0v) is 11.8. The Labute approximate surface area is 114 Å². The van der Waals surface area contributed by atoms with Crippen molar-refractivity contribution in [1.82, 2.24) is 4.90 Å². The number of piperidine rings is 1. The average molecular weight is 265 g/mol. The summed E-state index contributed by atoms with van der Waals surface area (Å²) in [6.45, 7) is 2.26. The van der Waals surface area contributed by atoms with Crippen molar-refractivity contribution in [3.63, 3.8) is 0 Å². The molecule has 0 aromatic heterocycles. The van der Waals surface area contributed by atoms with Gasteiger partial charge in [-0.25, -0.2) is 0 Å². The number of hydrogen-bond donors (Lipinski definition) is 1. The average Bonchev–Trinajstić information content (AvgIpc) is 2.42. The van der Waals surface area contributed by atoms with E-state index in [9.17, 15) is 0 Å². The van der Waals surface area contributed by atoms with Gasteiger partial charge >= 0.3 is 0 Å². The highest BCUT2D eigenvalue weighted by atomic mass is 16.5. The predicted octanol–water partition coefficient (Wildman–Crippen LogP) is 1.70. The molecule has 4 nitrogen and oxygen atoms in total. The fraction of sp³-hybridized carbons (Fsp3) is 0.600. The summed E-state index contributed by atoms with van der Waals surface area (Å²) in [7, 11) is 3.79. The van der Waals surface area contributed by atoms with Gasteiger partial charge in [0.15, 0.2) is 11.5 Å². The molecule has 0 spiro atoms. The van der Waals surface area contributed by atoms with E-state index in [1.54, 1.807) is 7.11 Å². The molecule has 1 aromatic carbocycles. The third-order valence-corrected chi connectivity index (χ3v) is 3.60. The molecule has 2 rings (SSSR count). The molecule has 1 saturated heterocycles. The number of ether oxygens (including phenoxy) is 2. The molecule has 19 heavy (non-hydrogen) atoms. The molecule has 1 aliphatic heterocycles. The summed E-state index contributed by atoms with van der Waals surface area (Å²) < 4.78 is 11.5. The lowest BCUT2D eigenvalue weighted by molar-refractivity contribution is 0.111. The van der Waals surface area contributed by atoms with Gasteiger partial charge in [0.1, 0.15) is 6.10 Å². The van der Waals surface area contributed by atoms with Crippen LogP contribution in [-0.2, 0) is 6.42 Å². The van der Waals surface area contributed by atoms with Crippen molar-refractivity contribution in [3.05, 3.63) is 23.8 Å². The van der Waals surface area contributed by atoms with E-state index < -0.39 is 0 Å². The minimum absolute atomic E-state index is 0.119. The van der Waals surface area contributed by atoms with Crippen LogP contribution in [0.2, 0.25) is 0 Å². The van der Waals surface area contributed by atoms with Gasteiger partial charge in [0.05, 0.1) is 7.11 Å². The fourth-order valence-electron chi connectivity index (χ4n) is 2.49. The lowest BCUT2D eigenvalue weighted by atomic mass is 10.1. The maximum Gasteiger partial charge on any atom is 0.164 e. The largest absolute Gasteiger partial charge is 0.493 e. The first-order chi connectivity index (χ1) is 9.24. The minimum atomic E-state index is 0.119. The summed E-state index contributed by atoms with van der Waals surface area (Å²) in [5, 5.41) is 9.08. The molecule has 0 radical (unpaired) electrons. The van der Waals surface area contributed by atoms with Crippen LogP contribution in [0.1, 0.15) is 18.4 Å². The zero-order chi connectivity index (χ0) is 13.7. The Morgan fingerprint density at radius 1 is 1.32 bits per heavy atom. The summed E-state index contributed by atoms with van der Waals surface area (Å²) in [6, 6.07) is 5.87. The predicted molar refractivity (Wildman–Crippen MR) is 74.9 cm³/mol. The molecule has 1 N–H and O–H groups in total. The number of rotatable bonds is 5. The molecule has 0 saturated carbocycles. The van der Waals surface area contributed by atoms with Crippen molar-refractivity contribution in [2.75, 3.05) is 33.9 Å². The fourth-order valence-corrected chi connectivity index (χ4v) is 2.49. The van der Waals surface area contributed by atoms with Crippen LogP contribution >= 0.6 is 0 Å². The first kappa shape index (κ1) is 14.2. The van der Waals surface area contributed by atoms with Crippen LogP contribution in [-0.4, -0.2) is 50.0 Å². The highest BCUT2D eigenvalue weighted by molar-refractivity contribution is 5.46. The van der Waals surface area contributed by atoms with E-state index in [1.807, 2.05) is 18.2 Å². The van der Waals surface area contributed by atoms with Crippen molar-refractivity contribution in [2.24, 2.45) is 0 Å². The molecule has 0 aliphatic carbocycles. The third kappa shape index (κ3) is 3.61. The molecular weight excluding hydrogens is 242 g/mol. The Bertz CT molecular complexity index is 400. The summed E-state index contributed by atoms with van der Waals surface area (Å²) >= 11 is 0. The van der Waals surface area contributed by atoms with Gasteiger partial charge in [0, 0.05) is 25.3 Å². The summed E-state index contributed by atoms with van der Waals surface area (Å²) in [6.07, 6.45) is 2.94. The van der Waals surface area contributed by atoms with Gasteiger partial charge in [-0.2, -0.15) is 0 Å². The molecule has 1 aromatic rings. The van der Waals surface area contributed by atoms with E-state index in [4.69, 9.17) is 14.6 Å². The number of nitrogens with zero attached hydrogens (tertiary/aromatic N) is 1. The molecule has 106 valence electrons. The zero-order valence-electron chi connectivity index (χ0n) is 11.8. The minimum Gasteiger partial charge on any atom is -0.493 e. The van der Waals surface area contributed by atoms with Crippen molar-refractivity contribution < 1.29 is 14.6 Å². The van der Waals surface area contributed by atoms with Gasteiger partial charge in [0.25, 0.3) is 0 Å². The quantitative estimate of drug-likeness (QED) is 0.880. The van der Waals surface area contributed by atoms with E-state index in [2.05, 4.69) is 11.9 Å². The van der Waals surface area contributed by atoms with Crippen LogP contribution in [0.4, 0.5) is 0 Å². The second kappa shape index (κ2) is 6.78. The maximum absolute atomic E-state index is 9.08. The Kier molecular flexibility index (Phi) is 5.05. The molecule has 1 aliphatic rings. The van der Waals surface area contributed by atoms with Gasteiger partial charge < -0.3 is 19.5 Å². The van der Waals surface area contributed by atoms with E-state index in [0.717, 1.165) is 43.0 Å². The van der Waals surface area contributed by atoms with E-state index in [-0.39, 0.29) is 12.7 Å². The number of methoxy groups -OCH3 is 1. The lowest BCUT2D eigenvalue weighted by Crippen LogP contribution is -2.35. The van der Waals surface area contributed by atoms with E-state index >= 15 is 0 Å². The normalized spacial score (nSPS) is 17.4. The Hall–Kier alpha value is -1.26. The second-order valence-corrected chi connectivity index (χ2v) is 5.04. The number of likely N-dealkylation sites (tertiary alicyclic amines) is 1. The molecule has 0 amide bonds. The van der Waals surface area contributed by atoms with Gasteiger partial charge in [-0.3, -0.25) is 0 Å². The number of para-hydroxylation sites is 1. The van der Waals surface area contributed by atoms with Crippen LogP contribution in [0.25, 0.3) is 0 Å². The van der Waals surface area contributed by atoms with Crippen LogP contribution in [0.5, 0.6) is 11.5 Å². The standard InChI is InChI=1S/C15H23NO3/c1-16-9-6-13(7-10-16)19-14-5-3-4-12(8-11-17)15(14)18-2/h3-5,13,17H,6-11H2,1-2H3. The Balaban J connectivity index is 2.08. The van der Waals surface area contributed by atoms with Crippen molar-refractivity contribution in [1.29, 1.82) is 0 Å². The first-order valence-electron chi connectivity index (χ1n) is 6.86. The molecule has 1 fully saturated rings. The Morgan fingerprint density at radius 2 is 2.05 bits per heavy atom. The molecule has 0 bridgehead atoms. The highest BCUT2D eigenvalue weighted by Gasteiger charge is 2.20. The number of aliphatic hydroxyl groups is 1. The van der Waals surface area contributed by atoms with Crippen LogP contribution in [0.15, 0.2) is 18.2 Å².